The molecule has 9 nitrogen and oxygen atoms in total. The van der Waals surface area contributed by atoms with Crippen molar-refractivity contribution in [2.75, 3.05) is 26.3 Å². The molecule has 0 unspecified atom stereocenters. The van der Waals surface area contributed by atoms with Crippen LogP contribution >= 0.6 is 0 Å². The Kier molecular flexibility index (Phi) is 6.60. The molecule has 0 bridgehead atoms. The van der Waals surface area contributed by atoms with Gasteiger partial charge in [-0.15, -0.1) is 0 Å². The lowest BCUT2D eigenvalue weighted by molar-refractivity contribution is -0.135. The first-order valence-electron chi connectivity index (χ1n) is 13.5. The highest BCUT2D eigenvalue weighted by Gasteiger charge is 2.31. The minimum absolute atomic E-state index is 0.0220. The largest absolute Gasteiger partial charge is 0.478 e. The Balaban J connectivity index is 1.65. The number of nitrogens with one attached hydrogen (secondary N) is 1. The molecule has 1 aliphatic carbocycles. The number of nitrogens with zero attached hydrogens (tertiary/aromatic N) is 2. The maximum absolute atomic E-state index is 13.6. The van der Waals surface area contributed by atoms with Gasteiger partial charge >= 0.3 is 11.9 Å². The molecule has 9 heteroatoms. The van der Waals surface area contributed by atoms with Crippen LogP contribution in [-0.2, 0) is 16.1 Å². The van der Waals surface area contributed by atoms with Gasteiger partial charge in [-0.1, -0.05) is 25.3 Å². The molecule has 39 heavy (non-hydrogen) atoms. The van der Waals surface area contributed by atoms with Crippen LogP contribution in [-0.4, -0.2) is 68.8 Å². The Bertz CT molecular complexity index is 1590. The van der Waals surface area contributed by atoms with Crippen LogP contribution in [0.1, 0.15) is 64.3 Å². The molecule has 1 saturated carbocycles. The number of ether oxygens (including phenoxy) is 1. The fraction of sp³-hybridized carbons (Fsp3) is 0.367. The number of aromatic carboxylic acids is 2. The summed E-state index contributed by atoms with van der Waals surface area (Å²) in [7, 11) is 0. The second kappa shape index (κ2) is 10.2. The first-order chi connectivity index (χ1) is 18.9. The number of carboxylic acids is 2. The van der Waals surface area contributed by atoms with E-state index in [1.54, 1.807) is 29.3 Å². The van der Waals surface area contributed by atoms with E-state index < -0.39 is 11.9 Å². The number of hydrogen-bond acceptors (Lipinski definition) is 4. The van der Waals surface area contributed by atoms with Crippen LogP contribution in [0.15, 0.2) is 42.6 Å². The van der Waals surface area contributed by atoms with Crippen molar-refractivity contribution in [3.05, 3.63) is 59.3 Å². The summed E-state index contributed by atoms with van der Waals surface area (Å²) in [6.45, 7) is 1.88. The van der Waals surface area contributed by atoms with Crippen molar-refractivity contribution >= 4 is 39.7 Å². The highest BCUT2D eigenvalue weighted by molar-refractivity contribution is 6.05. The van der Waals surface area contributed by atoms with Crippen molar-refractivity contribution < 1.29 is 29.3 Å². The molecule has 6 rings (SSSR count). The van der Waals surface area contributed by atoms with Crippen LogP contribution in [0.2, 0.25) is 0 Å². The summed E-state index contributed by atoms with van der Waals surface area (Å²) in [4.78, 5) is 43.0. The van der Waals surface area contributed by atoms with E-state index in [1.807, 2.05) is 22.8 Å². The van der Waals surface area contributed by atoms with Gasteiger partial charge in [-0.05, 0) is 54.7 Å². The third-order valence-corrected chi connectivity index (χ3v) is 8.20. The van der Waals surface area contributed by atoms with Crippen molar-refractivity contribution in [3.8, 4) is 11.3 Å². The van der Waals surface area contributed by atoms with Gasteiger partial charge in [0.2, 0.25) is 5.91 Å². The molecule has 2 aliphatic rings. The first kappa shape index (κ1) is 25.2. The minimum Gasteiger partial charge on any atom is -0.478 e. The number of carboxylic acid groups (broad SMARTS) is 2. The third-order valence-electron chi connectivity index (χ3n) is 8.20. The summed E-state index contributed by atoms with van der Waals surface area (Å²) >= 11 is 0. The lowest BCUT2D eigenvalue weighted by atomic mass is 9.81. The fourth-order valence-corrected chi connectivity index (χ4v) is 6.29. The number of carbonyl (C=O) groups is 3. The summed E-state index contributed by atoms with van der Waals surface area (Å²) in [5.74, 6) is -2.04. The summed E-state index contributed by atoms with van der Waals surface area (Å²) in [6, 6.07) is 10.5. The summed E-state index contributed by atoms with van der Waals surface area (Å²) < 4.78 is 7.29. The summed E-state index contributed by atoms with van der Waals surface area (Å²) in [5.41, 5.74) is 3.87. The molecule has 2 aromatic carbocycles. The fourth-order valence-electron chi connectivity index (χ4n) is 6.29. The molecule has 202 valence electrons. The zero-order chi connectivity index (χ0) is 27.1. The number of rotatable bonds is 6. The number of fused-ring (bicyclic) bond motifs is 2. The maximum atomic E-state index is 13.6. The van der Waals surface area contributed by atoms with Crippen molar-refractivity contribution in [2.45, 2.75) is 44.6 Å². The van der Waals surface area contributed by atoms with Crippen molar-refractivity contribution in [1.29, 1.82) is 0 Å². The monoisotopic (exact) mass is 529 g/mol. The first-order valence-corrected chi connectivity index (χ1v) is 13.5. The van der Waals surface area contributed by atoms with E-state index in [9.17, 15) is 24.6 Å². The highest BCUT2D eigenvalue weighted by Crippen LogP contribution is 2.45. The zero-order valence-electron chi connectivity index (χ0n) is 21.6. The molecule has 0 atom stereocenters. The lowest BCUT2D eigenvalue weighted by Crippen LogP contribution is -2.42. The second-order valence-corrected chi connectivity index (χ2v) is 10.5. The number of aromatic amines is 1. The molecular weight excluding hydrogens is 498 g/mol. The number of H-pyrrole nitrogens is 1. The van der Waals surface area contributed by atoms with Gasteiger partial charge in [0.25, 0.3) is 0 Å². The average molecular weight is 530 g/mol. The number of benzene rings is 2. The Hall–Kier alpha value is -4.11. The summed E-state index contributed by atoms with van der Waals surface area (Å²) in [5, 5.41) is 21.8. The lowest BCUT2D eigenvalue weighted by Gasteiger charge is -2.28. The molecule has 2 fully saturated rings. The highest BCUT2D eigenvalue weighted by atomic mass is 16.5. The van der Waals surface area contributed by atoms with Crippen LogP contribution < -0.4 is 0 Å². The molecule has 3 N–H and O–H groups in total. The molecular formula is C30H31N3O6. The topological polar surface area (TPSA) is 125 Å². The average Bonchev–Trinajstić information content (AvgIpc) is 3.54. The number of hydrogen-bond donors (Lipinski definition) is 3. The van der Waals surface area contributed by atoms with Gasteiger partial charge in [0, 0.05) is 41.1 Å². The van der Waals surface area contributed by atoms with Crippen LogP contribution in [0, 0.1) is 0 Å². The molecule has 3 heterocycles. The predicted molar refractivity (Wildman–Crippen MR) is 146 cm³/mol. The normalized spacial score (nSPS) is 16.7. The Morgan fingerprint density at radius 2 is 1.72 bits per heavy atom. The van der Waals surface area contributed by atoms with E-state index in [4.69, 9.17) is 4.74 Å². The van der Waals surface area contributed by atoms with E-state index in [1.165, 1.54) is 0 Å². The van der Waals surface area contributed by atoms with Crippen LogP contribution in [0.25, 0.3) is 33.1 Å². The number of carbonyl (C=O) groups excluding carboxylic acids is 1. The standard InChI is InChI=1S/C30H31N3O6/c34-26(32-10-12-39-13-11-32)17-33-25-15-20(29(35)36)6-7-21(25)27(18-4-2-1-3-5-18)28(33)22-14-19-8-9-31-24(19)16-23(22)30(37)38/h6-9,14-16,18,31H,1-5,10-13,17H2,(H,35,36)(H,37,38). The number of aromatic nitrogens is 2. The number of amides is 1. The van der Waals surface area contributed by atoms with Gasteiger partial charge in [-0.3, -0.25) is 4.79 Å². The number of morpholine rings is 1. The Morgan fingerprint density at radius 3 is 2.44 bits per heavy atom. The van der Waals surface area contributed by atoms with Crippen molar-refractivity contribution in [3.63, 3.8) is 0 Å². The molecule has 1 amide bonds. The predicted octanol–water partition coefficient (Wildman–Crippen LogP) is 5.09. The zero-order valence-corrected chi connectivity index (χ0v) is 21.6. The summed E-state index contributed by atoms with van der Waals surface area (Å²) in [6.07, 6.45) is 6.98. The van der Waals surface area contributed by atoms with Gasteiger partial charge < -0.3 is 29.4 Å². The van der Waals surface area contributed by atoms with Gasteiger partial charge in [-0.25, -0.2) is 9.59 Å². The van der Waals surface area contributed by atoms with Gasteiger partial charge in [0.15, 0.2) is 0 Å². The molecule has 0 spiro atoms. The Morgan fingerprint density at radius 1 is 0.949 bits per heavy atom. The molecule has 2 aromatic heterocycles. The smallest absolute Gasteiger partial charge is 0.336 e. The molecule has 1 aliphatic heterocycles. The van der Waals surface area contributed by atoms with Crippen LogP contribution in [0.4, 0.5) is 0 Å². The van der Waals surface area contributed by atoms with E-state index in [2.05, 4.69) is 4.98 Å². The maximum Gasteiger partial charge on any atom is 0.336 e. The molecule has 0 radical (unpaired) electrons. The van der Waals surface area contributed by atoms with Crippen molar-refractivity contribution in [1.82, 2.24) is 14.5 Å². The van der Waals surface area contributed by atoms with Gasteiger partial charge in [-0.2, -0.15) is 0 Å². The second-order valence-electron chi connectivity index (χ2n) is 10.5. The quantitative estimate of drug-likeness (QED) is 0.319. The van der Waals surface area contributed by atoms with E-state index >= 15 is 0 Å². The van der Waals surface area contributed by atoms with Crippen LogP contribution in [0.5, 0.6) is 0 Å². The van der Waals surface area contributed by atoms with E-state index in [0.717, 1.165) is 54.0 Å². The van der Waals surface area contributed by atoms with E-state index in [0.29, 0.717) is 43.1 Å². The molecule has 4 aromatic rings. The minimum atomic E-state index is -1.06. The SMILES string of the molecule is O=C(O)c1ccc2c(C3CCCCC3)c(-c3cc4cc[nH]c4cc3C(=O)O)n(CC(=O)N3CCOCC3)c2c1. The van der Waals surface area contributed by atoms with Crippen molar-refractivity contribution in [2.24, 2.45) is 0 Å². The van der Waals surface area contributed by atoms with Gasteiger partial charge in [0.1, 0.15) is 6.54 Å². The Labute approximate surface area is 225 Å². The van der Waals surface area contributed by atoms with E-state index in [-0.39, 0.29) is 29.5 Å². The van der Waals surface area contributed by atoms with Crippen LogP contribution in [0.3, 0.4) is 0 Å². The van der Waals surface area contributed by atoms with Gasteiger partial charge in [0.05, 0.1) is 35.6 Å². The third kappa shape index (κ3) is 4.57. The molecule has 1 saturated heterocycles.